The van der Waals surface area contributed by atoms with Crippen molar-refractivity contribution in [3.05, 3.63) is 23.8 Å². The number of esters is 1. The van der Waals surface area contributed by atoms with Gasteiger partial charge in [0.2, 0.25) is 5.78 Å². The van der Waals surface area contributed by atoms with Gasteiger partial charge in [0.1, 0.15) is 0 Å². The number of rotatable bonds is 3. The van der Waals surface area contributed by atoms with Gasteiger partial charge in [-0.15, -0.1) is 0 Å². The summed E-state index contributed by atoms with van der Waals surface area (Å²) in [4.78, 5) is 37.1. The maximum atomic E-state index is 17.3. The number of aliphatic hydroxyl groups is 1. The number of aliphatic hydroxyl groups excluding tert-OH is 1. The number of hydrogen-bond donors (Lipinski definition) is 1. The van der Waals surface area contributed by atoms with Crippen molar-refractivity contribution in [3.63, 3.8) is 0 Å². The Hall–Kier alpha value is -1.90. The summed E-state index contributed by atoms with van der Waals surface area (Å²) in [6, 6.07) is 0. The maximum Gasteiger partial charge on any atom is 0.303 e. The summed E-state index contributed by atoms with van der Waals surface area (Å²) >= 11 is 0. The van der Waals surface area contributed by atoms with Gasteiger partial charge in [0.15, 0.2) is 29.4 Å². The number of alkyl halides is 1. The van der Waals surface area contributed by atoms with Crippen molar-refractivity contribution >= 4 is 17.5 Å². The van der Waals surface area contributed by atoms with Crippen LogP contribution >= 0.6 is 0 Å². The lowest BCUT2D eigenvalue weighted by Gasteiger charge is -2.62. The van der Waals surface area contributed by atoms with Crippen molar-refractivity contribution in [2.75, 3.05) is 6.61 Å². The zero-order chi connectivity index (χ0) is 24.9. The molecule has 7 nitrogen and oxygen atoms in total. The van der Waals surface area contributed by atoms with Crippen LogP contribution in [0.2, 0.25) is 0 Å². The second kappa shape index (κ2) is 7.08. The molecule has 0 aromatic carbocycles. The molecular weight excluding hydrogens is 443 g/mol. The predicted molar refractivity (Wildman–Crippen MR) is 118 cm³/mol. The fourth-order valence-electron chi connectivity index (χ4n) is 8.08. The molecule has 3 saturated carbocycles. The first-order chi connectivity index (χ1) is 15.7. The quantitative estimate of drug-likeness (QED) is 0.625. The summed E-state index contributed by atoms with van der Waals surface area (Å²) in [5.74, 6) is -3.11. The monoisotopic (exact) mass is 476 g/mol. The smallest absolute Gasteiger partial charge is 0.303 e. The molecule has 1 N–H and O–H groups in total. The highest BCUT2D eigenvalue weighted by atomic mass is 19.1. The molecule has 4 fully saturated rings. The standard InChI is InChI=1S/C26H33FO7/c1-14(28)32-13-20(31)26-21(33-22(2,3)34-26)11-18-17-7-6-15-10-16(29)8-9-23(15,4)25(17,27)19(30)12-24(18,26)5/h8-10,17-19,21,30H,6-7,11-13H2,1-5H3/t17-,18-,19-,21+,23-,24+,25-,26+/m0/s1. The molecule has 1 aliphatic heterocycles. The van der Waals surface area contributed by atoms with Gasteiger partial charge >= 0.3 is 5.97 Å². The van der Waals surface area contributed by atoms with E-state index in [-0.39, 0.29) is 18.1 Å². The summed E-state index contributed by atoms with van der Waals surface area (Å²) in [6.45, 7) is 7.86. The molecule has 5 aliphatic rings. The Labute approximate surface area is 198 Å². The van der Waals surface area contributed by atoms with Gasteiger partial charge in [-0.05, 0) is 64.5 Å². The molecule has 1 saturated heterocycles. The summed E-state index contributed by atoms with van der Waals surface area (Å²) in [5.41, 5.74) is -4.82. The second-order valence-electron chi connectivity index (χ2n) is 11.5. The Bertz CT molecular complexity index is 1030. The highest BCUT2D eigenvalue weighted by Gasteiger charge is 2.80. The highest BCUT2D eigenvalue weighted by Crippen LogP contribution is 2.72. The largest absolute Gasteiger partial charge is 0.458 e. The number of hydrogen-bond acceptors (Lipinski definition) is 7. The molecule has 1 heterocycles. The van der Waals surface area contributed by atoms with E-state index in [0.717, 1.165) is 0 Å². The van der Waals surface area contributed by atoms with Crippen molar-refractivity contribution in [1.29, 1.82) is 0 Å². The Kier molecular flexibility index (Phi) is 4.96. The van der Waals surface area contributed by atoms with Crippen molar-refractivity contribution in [2.24, 2.45) is 22.7 Å². The van der Waals surface area contributed by atoms with Crippen LogP contribution in [0.1, 0.15) is 60.3 Å². The van der Waals surface area contributed by atoms with Crippen LogP contribution in [-0.2, 0) is 28.6 Å². The Balaban J connectivity index is 1.60. The van der Waals surface area contributed by atoms with Crippen LogP contribution in [0.5, 0.6) is 0 Å². The lowest BCUT2D eigenvalue weighted by Crippen LogP contribution is -2.70. The van der Waals surface area contributed by atoms with E-state index in [1.165, 1.54) is 19.1 Å². The molecule has 5 rings (SSSR count). The van der Waals surface area contributed by atoms with Crippen LogP contribution in [0.25, 0.3) is 0 Å². The number of carbonyl (C=O) groups is 3. The SMILES string of the molecule is CC(=O)OCC(=O)[C@@]12OC(C)(C)O[C@@H]1C[C@H]1[C@@H]3CCC4=CC(=O)C=C[C@]4(C)[C@@]3(F)[C@@H](O)C[C@]12C. The molecule has 8 atom stereocenters. The summed E-state index contributed by atoms with van der Waals surface area (Å²) < 4.78 is 34.9. The predicted octanol–water partition coefficient (Wildman–Crippen LogP) is 2.99. The van der Waals surface area contributed by atoms with Gasteiger partial charge in [-0.1, -0.05) is 18.6 Å². The van der Waals surface area contributed by atoms with E-state index >= 15 is 4.39 Å². The van der Waals surface area contributed by atoms with Crippen molar-refractivity contribution in [1.82, 2.24) is 0 Å². The van der Waals surface area contributed by atoms with E-state index in [1.807, 2.05) is 6.92 Å². The Morgan fingerprint density at radius 2 is 1.94 bits per heavy atom. The number of ketones is 2. The van der Waals surface area contributed by atoms with E-state index in [0.29, 0.717) is 24.8 Å². The van der Waals surface area contributed by atoms with Gasteiger partial charge in [0.05, 0.1) is 12.2 Å². The fourth-order valence-corrected chi connectivity index (χ4v) is 8.08. The lowest BCUT2D eigenvalue weighted by molar-refractivity contribution is -0.246. The van der Waals surface area contributed by atoms with Crippen LogP contribution < -0.4 is 0 Å². The third kappa shape index (κ3) is 2.76. The average Bonchev–Trinajstić information content (AvgIpc) is 3.14. The van der Waals surface area contributed by atoms with Crippen LogP contribution in [-0.4, -0.2) is 58.5 Å². The van der Waals surface area contributed by atoms with E-state index in [1.54, 1.807) is 26.8 Å². The molecule has 4 aliphatic carbocycles. The van der Waals surface area contributed by atoms with E-state index in [2.05, 4.69) is 0 Å². The molecule has 0 amide bonds. The molecule has 186 valence electrons. The molecule has 0 aromatic rings. The molecule has 0 spiro atoms. The van der Waals surface area contributed by atoms with Crippen LogP contribution in [0.15, 0.2) is 23.8 Å². The van der Waals surface area contributed by atoms with Crippen molar-refractivity contribution in [3.8, 4) is 0 Å². The van der Waals surface area contributed by atoms with Gasteiger partial charge in [-0.2, -0.15) is 0 Å². The van der Waals surface area contributed by atoms with E-state index < -0.39 is 64.4 Å². The highest BCUT2D eigenvalue weighted by molar-refractivity contribution is 6.01. The van der Waals surface area contributed by atoms with E-state index in [4.69, 9.17) is 14.2 Å². The number of Topliss-reactive ketones (excluding diaryl/α,β-unsaturated/α-hetero) is 1. The van der Waals surface area contributed by atoms with Gasteiger partial charge in [-0.25, -0.2) is 4.39 Å². The molecule has 0 radical (unpaired) electrons. The zero-order valence-corrected chi connectivity index (χ0v) is 20.4. The lowest BCUT2D eigenvalue weighted by atomic mass is 9.44. The first kappa shape index (κ1) is 23.8. The first-order valence-corrected chi connectivity index (χ1v) is 12.1. The maximum absolute atomic E-state index is 17.3. The summed E-state index contributed by atoms with van der Waals surface area (Å²) in [5, 5.41) is 11.5. The number of allylic oxidation sites excluding steroid dienone is 4. The minimum absolute atomic E-state index is 0.0168. The molecule has 0 aromatic heterocycles. The number of halogens is 1. The van der Waals surface area contributed by atoms with Gasteiger partial charge in [0.25, 0.3) is 0 Å². The molecule has 0 bridgehead atoms. The Morgan fingerprint density at radius 1 is 1.24 bits per heavy atom. The number of carbonyl (C=O) groups excluding carboxylic acids is 3. The van der Waals surface area contributed by atoms with Crippen LogP contribution in [0.3, 0.4) is 0 Å². The summed E-state index contributed by atoms with van der Waals surface area (Å²) in [7, 11) is 0. The van der Waals surface area contributed by atoms with Crippen molar-refractivity contribution in [2.45, 2.75) is 89.6 Å². The van der Waals surface area contributed by atoms with Crippen LogP contribution in [0.4, 0.5) is 4.39 Å². The molecule has 8 heteroatoms. The van der Waals surface area contributed by atoms with Gasteiger partial charge in [0, 0.05) is 23.7 Å². The van der Waals surface area contributed by atoms with Gasteiger partial charge in [-0.3, -0.25) is 14.4 Å². The molecule has 0 unspecified atom stereocenters. The number of ether oxygens (including phenoxy) is 3. The number of fused-ring (bicyclic) bond motifs is 7. The van der Waals surface area contributed by atoms with E-state index in [9.17, 15) is 19.5 Å². The topological polar surface area (TPSA) is 99.1 Å². The average molecular weight is 477 g/mol. The normalized spacial score (nSPS) is 48.3. The molecule has 34 heavy (non-hydrogen) atoms. The third-order valence-corrected chi connectivity index (χ3v) is 9.45. The summed E-state index contributed by atoms with van der Waals surface area (Å²) in [6.07, 6.45) is 3.81. The fraction of sp³-hybridized carbons (Fsp3) is 0.731. The van der Waals surface area contributed by atoms with Gasteiger partial charge < -0.3 is 19.3 Å². The minimum Gasteiger partial charge on any atom is -0.458 e. The first-order valence-electron chi connectivity index (χ1n) is 12.1. The van der Waals surface area contributed by atoms with Crippen molar-refractivity contribution < 1.29 is 38.1 Å². The second-order valence-corrected chi connectivity index (χ2v) is 11.5. The Morgan fingerprint density at radius 3 is 2.62 bits per heavy atom. The van der Waals surface area contributed by atoms with Crippen LogP contribution in [0, 0.1) is 22.7 Å². The minimum atomic E-state index is -2.01. The molecular formula is C26H33FO7. The third-order valence-electron chi connectivity index (χ3n) is 9.45. The zero-order valence-electron chi connectivity index (χ0n) is 20.4.